The van der Waals surface area contributed by atoms with Crippen LogP contribution in [0.1, 0.15) is 44.0 Å². The average Bonchev–Trinajstić information content (AvgIpc) is 3.05. The van der Waals surface area contributed by atoms with E-state index in [1.807, 2.05) is 18.2 Å². The standard InChI is InChI=1S/C15H19N3O/c1-9(2)15-17-12-6-3-10(7-13(12)18-15)8-14(19)16-11-4-5-11/h3,6-7,9,11H,4-5,8H2,1-2H3,(H,16,19)(H,17,18). The second-order valence-electron chi connectivity index (χ2n) is 5.65. The molecule has 1 aliphatic rings. The molecule has 0 bridgehead atoms. The Morgan fingerprint density at radius 1 is 1.47 bits per heavy atom. The lowest BCUT2D eigenvalue weighted by Gasteiger charge is -2.03. The van der Waals surface area contributed by atoms with Gasteiger partial charge < -0.3 is 10.3 Å². The molecule has 1 aromatic heterocycles. The van der Waals surface area contributed by atoms with Gasteiger partial charge in [-0.25, -0.2) is 4.98 Å². The van der Waals surface area contributed by atoms with Crippen LogP contribution in [0, 0.1) is 0 Å². The summed E-state index contributed by atoms with van der Waals surface area (Å²) in [6.45, 7) is 4.23. The van der Waals surface area contributed by atoms with Crippen molar-refractivity contribution in [1.29, 1.82) is 0 Å². The van der Waals surface area contributed by atoms with Crippen molar-refractivity contribution in [2.75, 3.05) is 0 Å². The van der Waals surface area contributed by atoms with Gasteiger partial charge in [-0.2, -0.15) is 0 Å². The average molecular weight is 257 g/mol. The molecule has 1 aliphatic carbocycles. The van der Waals surface area contributed by atoms with Gasteiger partial charge in [-0.1, -0.05) is 19.9 Å². The number of rotatable bonds is 4. The zero-order valence-electron chi connectivity index (χ0n) is 11.4. The van der Waals surface area contributed by atoms with Gasteiger partial charge in [0.05, 0.1) is 17.5 Å². The molecule has 1 heterocycles. The number of carbonyl (C=O) groups is 1. The number of nitrogens with one attached hydrogen (secondary N) is 2. The number of fused-ring (bicyclic) bond motifs is 1. The van der Waals surface area contributed by atoms with Gasteiger partial charge in [-0.15, -0.1) is 0 Å². The monoisotopic (exact) mass is 257 g/mol. The minimum absolute atomic E-state index is 0.116. The molecule has 4 nitrogen and oxygen atoms in total. The molecular weight excluding hydrogens is 238 g/mol. The number of hydrogen-bond acceptors (Lipinski definition) is 2. The first kappa shape index (κ1) is 12.2. The molecule has 0 atom stereocenters. The summed E-state index contributed by atoms with van der Waals surface area (Å²) in [5.74, 6) is 1.49. The van der Waals surface area contributed by atoms with E-state index >= 15 is 0 Å². The summed E-state index contributed by atoms with van der Waals surface area (Å²) in [4.78, 5) is 19.6. The molecule has 1 amide bonds. The molecule has 0 saturated heterocycles. The highest BCUT2D eigenvalue weighted by Crippen LogP contribution is 2.20. The first-order valence-corrected chi connectivity index (χ1v) is 6.90. The van der Waals surface area contributed by atoms with Crippen LogP contribution in [0.15, 0.2) is 18.2 Å². The highest BCUT2D eigenvalue weighted by atomic mass is 16.1. The van der Waals surface area contributed by atoms with Crippen molar-refractivity contribution in [1.82, 2.24) is 15.3 Å². The number of aromatic nitrogens is 2. The van der Waals surface area contributed by atoms with Crippen LogP contribution in [-0.2, 0) is 11.2 Å². The Bertz CT molecular complexity index is 611. The number of aromatic amines is 1. The Balaban J connectivity index is 1.78. The Kier molecular flexibility index (Phi) is 3.01. The quantitative estimate of drug-likeness (QED) is 0.884. The fraction of sp³-hybridized carbons (Fsp3) is 0.467. The van der Waals surface area contributed by atoms with Crippen LogP contribution in [0.3, 0.4) is 0 Å². The molecule has 19 heavy (non-hydrogen) atoms. The van der Waals surface area contributed by atoms with Gasteiger partial charge in [0.2, 0.25) is 5.91 Å². The normalized spacial score (nSPS) is 15.1. The number of H-pyrrole nitrogens is 1. The van der Waals surface area contributed by atoms with Crippen LogP contribution in [-0.4, -0.2) is 21.9 Å². The lowest BCUT2D eigenvalue weighted by Crippen LogP contribution is -2.26. The molecule has 3 rings (SSSR count). The predicted octanol–water partition coefficient (Wildman–Crippen LogP) is 2.51. The fourth-order valence-electron chi connectivity index (χ4n) is 2.15. The molecule has 100 valence electrons. The van der Waals surface area contributed by atoms with Crippen molar-refractivity contribution >= 4 is 16.9 Å². The topological polar surface area (TPSA) is 57.8 Å². The Morgan fingerprint density at radius 2 is 2.26 bits per heavy atom. The fourth-order valence-corrected chi connectivity index (χ4v) is 2.15. The summed E-state index contributed by atoms with van der Waals surface area (Å²) in [5.41, 5.74) is 3.01. The van der Waals surface area contributed by atoms with E-state index in [4.69, 9.17) is 0 Å². The Labute approximate surface area is 112 Å². The number of imidazole rings is 1. The highest BCUT2D eigenvalue weighted by Gasteiger charge is 2.23. The molecule has 0 radical (unpaired) electrons. The minimum atomic E-state index is 0.116. The smallest absolute Gasteiger partial charge is 0.224 e. The molecule has 4 heteroatoms. The summed E-state index contributed by atoms with van der Waals surface area (Å²) in [5, 5.41) is 3.01. The summed E-state index contributed by atoms with van der Waals surface area (Å²) >= 11 is 0. The van der Waals surface area contributed by atoms with E-state index in [1.54, 1.807) is 0 Å². The third kappa shape index (κ3) is 2.78. The summed E-state index contributed by atoms with van der Waals surface area (Å²) in [6, 6.07) is 6.42. The van der Waals surface area contributed by atoms with Crippen molar-refractivity contribution < 1.29 is 4.79 Å². The third-order valence-corrected chi connectivity index (χ3v) is 3.42. The number of nitrogens with zero attached hydrogens (tertiary/aromatic N) is 1. The van der Waals surface area contributed by atoms with Crippen LogP contribution in [0.25, 0.3) is 11.0 Å². The van der Waals surface area contributed by atoms with E-state index in [0.717, 1.165) is 35.3 Å². The maximum Gasteiger partial charge on any atom is 0.224 e. The zero-order chi connectivity index (χ0) is 13.4. The molecule has 0 unspecified atom stereocenters. The van der Waals surface area contributed by atoms with Crippen LogP contribution in [0.4, 0.5) is 0 Å². The van der Waals surface area contributed by atoms with Gasteiger partial charge in [0.15, 0.2) is 0 Å². The minimum Gasteiger partial charge on any atom is -0.353 e. The summed E-state index contributed by atoms with van der Waals surface area (Å²) in [7, 11) is 0. The first-order valence-electron chi connectivity index (χ1n) is 6.90. The number of benzene rings is 1. The van der Waals surface area contributed by atoms with E-state index in [9.17, 15) is 4.79 Å². The van der Waals surface area contributed by atoms with Crippen molar-refractivity contribution in [2.45, 2.75) is 45.1 Å². The Morgan fingerprint density at radius 3 is 2.95 bits per heavy atom. The predicted molar refractivity (Wildman–Crippen MR) is 75.1 cm³/mol. The summed E-state index contributed by atoms with van der Waals surface area (Å²) < 4.78 is 0. The Hall–Kier alpha value is -1.84. The zero-order valence-corrected chi connectivity index (χ0v) is 11.4. The van der Waals surface area contributed by atoms with Gasteiger partial charge in [0.25, 0.3) is 0 Å². The van der Waals surface area contributed by atoms with E-state index in [0.29, 0.717) is 18.4 Å². The van der Waals surface area contributed by atoms with E-state index in [1.165, 1.54) is 0 Å². The van der Waals surface area contributed by atoms with E-state index < -0.39 is 0 Å². The third-order valence-electron chi connectivity index (χ3n) is 3.42. The SMILES string of the molecule is CC(C)c1nc2ccc(CC(=O)NC3CC3)cc2[nH]1. The molecular formula is C15H19N3O. The molecule has 0 spiro atoms. The molecule has 2 N–H and O–H groups in total. The van der Waals surface area contributed by atoms with Gasteiger partial charge in [-0.05, 0) is 30.5 Å². The van der Waals surface area contributed by atoms with E-state index in [2.05, 4.69) is 29.1 Å². The summed E-state index contributed by atoms with van der Waals surface area (Å²) in [6.07, 6.45) is 2.70. The lowest BCUT2D eigenvalue weighted by atomic mass is 10.1. The maximum absolute atomic E-state index is 11.8. The van der Waals surface area contributed by atoms with Crippen molar-refractivity contribution in [3.05, 3.63) is 29.6 Å². The van der Waals surface area contributed by atoms with Crippen molar-refractivity contribution in [2.24, 2.45) is 0 Å². The number of carbonyl (C=O) groups excluding carboxylic acids is 1. The second-order valence-corrected chi connectivity index (χ2v) is 5.65. The van der Waals surface area contributed by atoms with E-state index in [-0.39, 0.29) is 5.91 Å². The second kappa shape index (κ2) is 4.68. The molecule has 1 aromatic carbocycles. The van der Waals surface area contributed by atoms with Crippen LogP contribution in [0.5, 0.6) is 0 Å². The van der Waals surface area contributed by atoms with Gasteiger partial charge in [0, 0.05) is 12.0 Å². The van der Waals surface area contributed by atoms with Crippen molar-refractivity contribution in [3.8, 4) is 0 Å². The van der Waals surface area contributed by atoms with Gasteiger partial charge >= 0.3 is 0 Å². The lowest BCUT2D eigenvalue weighted by molar-refractivity contribution is -0.120. The van der Waals surface area contributed by atoms with Crippen molar-refractivity contribution in [3.63, 3.8) is 0 Å². The van der Waals surface area contributed by atoms with Crippen LogP contribution < -0.4 is 5.32 Å². The van der Waals surface area contributed by atoms with Crippen LogP contribution >= 0.6 is 0 Å². The molecule has 0 aliphatic heterocycles. The largest absolute Gasteiger partial charge is 0.353 e. The number of hydrogen-bond donors (Lipinski definition) is 2. The highest BCUT2D eigenvalue weighted by molar-refractivity contribution is 5.82. The number of amides is 1. The van der Waals surface area contributed by atoms with Gasteiger partial charge in [-0.3, -0.25) is 4.79 Å². The van der Waals surface area contributed by atoms with Crippen LogP contribution in [0.2, 0.25) is 0 Å². The molecule has 1 fully saturated rings. The molecule has 1 saturated carbocycles. The first-order chi connectivity index (χ1) is 9.11. The maximum atomic E-state index is 11.8. The van der Waals surface area contributed by atoms with Gasteiger partial charge in [0.1, 0.15) is 5.82 Å². The molecule has 2 aromatic rings.